The Morgan fingerprint density at radius 3 is 2.76 bits per heavy atom. The van der Waals surface area contributed by atoms with Gasteiger partial charge in [0, 0.05) is 0 Å². The summed E-state index contributed by atoms with van der Waals surface area (Å²) in [6.07, 6.45) is 8.86. The normalized spacial score (nSPS) is 19.4. The summed E-state index contributed by atoms with van der Waals surface area (Å²) < 4.78 is 0. The first-order valence-electron chi connectivity index (χ1n) is 6.30. The van der Waals surface area contributed by atoms with Gasteiger partial charge in [0.2, 0.25) is 0 Å². The SMILES string of the molecule is Cc1csc(C(O)C2=CCCCCCC2)c1Cl. The lowest BCUT2D eigenvalue weighted by Gasteiger charge is -2.17. The van der Waals surface area contributed by atoms with Crippen LogP contribution in [0.5, 0.6) is 0 Å². The van der Waals surface area contributed by atoms with E-state index in [2.05, 4.69) is 6.08 Å². The van der Waals surface area contributed by atoms with Crippen molar-refractivity contribution in [3.05, 3.63) is 32.5 Å². The number of aliphatic hydroxyl groups is 1. The highest BCUT2D eigenvalue weighted by molar-refractivity contribution is 7.10. The number of thiophene rings is 1. The lowest BCUT2D eigenvalue weighted by Crippen LogP contribution is -2.02. The molecule has 1 nitrogen and oxygen atoms in total. The first-order chi connectivity index (χ1) is 8.20. The monoisotopic (exact) mass is 270 g/mol. The fraction of sp³-hybridized carbons (Fsp3) is 0.571. The van der Waals surface area contributed by atoms with E-state index in [9.17, 15) is 5.11 Å². The fourth-order valence-corrected chi connectivity index (χ4v) is 3.59. The predicted molar refractivity (Wildman–Crippen MR) is 74.8 cm³/mol. The van der Waals surface area contributed by atoms with Crippen molar-refractivity contribution >= 4 is 22.9 Å². The third kappa shape index (κ3) is 3.12. The zero-order valence-corrected chi connectivity index (χ0v) is 11.8. The molecule has 0 aromatic carbocycles. The maximum Gasteiger partial charge on any atom is 0.111 e. The fourth-order valence-electron chi connectivity index (χ4n) is 2.27. The average molecular weight is 271 g/mol. The molecule has 1 atom stereocenters. The number of aliphatic hydroxyl groups excluding tert-OH is 1. The van der Waals surface area contributed by atoms with Crippen LogP contribution < -0.4 is 0 Å². The Kier molecular flexibility index (Phi) is 4.66. The quantitative estimate of drug-likeness (QED) is 0.748. The predicted octanol–water partition coefficient (Wildman–Crippen LogP) is 5.02. The largest absolute Gasteiger partial charge is 0.383 e. The molecule has 2 rings (SSSR count). The van der Waals surface area contributed by atoms with Crippen LogP contribution in [0.25, 0.3) is 0 Å². The van der Waals surface area contributed by atoms with E-state index in [4.69, 9.17) is 11.6 Å². The summed E-state index contributed by atoms with van der Waals surface area (Å²) in [4.78, 5) is 0.913. The lowest BCUT2D eigenvalue weighted by molar-refractivity contribution is 0.213. The van der Waals surface area contributed by atoms with E-state index in [1.807, 2.05) is 12.3 Å². The van der Waals surface area contributed by atoms with Crippen molar-refractivity contribution in [3.8, 4) is 0 Å². The van der Waals surface area contributed by atoms with Gasteiger partial charge in [-0.1, -0.05) is 30.5 Å². The minimum absolute atomic E-state index is 0.487. The molecule has 0 saturated heterocycles. The molecule has 1 aromatic heterocycles. The molecule has 3 heteroatoms. The molecule has 1 unspecified atom stereocenters. The maximum atomic E-state index is 10.4. The summed E-state index contributed by atoms with van der Waals surface area (Å²) in [5.41, 5.74) is 2.23. The molecular weight excluding hydrogens is 252 g/mol. The van der Waals surface area contributed by atoms with Gasteiger partial charge in [-0.15, -0.1) is 11.3 Å². The maximum absolute atomic E-state index is 10.4. The number of hydrogen-bond donors (Lipinski definition) is 1. The van der Waals surface area contributed by atoms with Gasteiger partial charge < -0.3 is 5.11 Å². The van der Waals surface area contributed by atoms with Crippen LogP contribution in [0.15, 0.2) is 17.0 Å². The van der Waals surface area contributed by atoms with Gasteiger partial charge >= 0.3 is 0 Å². The first-order valence-corrected chi connectivity index (χ1v) is 7.56. The molecule has 94 valence electrons. The molecule has 0 saturated carbocycles. The second kappa shape index (κ2) is 6.03. The number of halogens is 1. The number of aryl methyl sites for hydroxylation is 1. The van der Waals surface area contributed by atoms with Crippen LogP contribution in [0.3, 0.4) is 0 Å². The standard InChI is InChI=1S/C14H19ClOS/c1-10-9-17-14(12(10)15)13(16)11-7-5-3-2-4-6-8-11/h7,9,13,16H,2-6,8H2,1H3. The van der Waals surface area contributed by atoms with Crippen molar-refractivity contribution in [2.75, 3.05) is 0 Å². The number of hydrogen-bond acceptors (Lipinski definition) is 2. The Hall–Kier alpha value is -0.310. The summed E-state index contributed by atoms with van der Waals surface area (Å²) >= 11 is 7.79. The molecule has 17 heavy (non-hydrogen) atoms. The summed E-state index contributed by atoms with van der Waals surface area (Å²) in [5, 5.41) is 13.2. The highest BCUT2D eigenvalue weighted by Gasteiger charge is 2.19. The second-order valence-corrected chi connectivity index (χ2v) is 6.02. The van der Waals surface area contributed by atoms with Crippen LogP contribution in [0, 0.1) is 6.92 Å². The van der Waals surface area contributed by atoms with E-state index in [0.29, 0.717) is 0 Å². The van der Waals surface area contributed by atoms with Gasteiger partial charge in [0.15, 0.2) is 0 Å². The first kappa shape index (κ1) is 13.1. The van der Waals surface area contributed by atoms with Crippen LogP contribution >= 0.6 is 22.9 Å². The minimum Gasteiger partial charge on any atom is -0.383 e. The number of rotatable bonds is 2. The molecule has 1 aliphatic carbocycles. The van der Waals surface area contributed by atoms with E-state index >= 15 is 0 Å². The topological polar surface area (TPSA) is 20.2 Å². The van der Waals surface area contributed by atoms with Crippen molar-refractivity contribution < 1.29 is 5.11 Å². The van der Waals surface area contributed by atoms with Crippen molar-refractivity contribution in [2.45, 2.75) is 51.6 Å². The van der Waals surface area contributed by atoms with E-state index < -0.39 is 6.10 Å². The smallest absolute Gasteiger partial charge is 0.111 e. The minimum atomic E-state index is -0.487. The Labute approximate surface area is 112 Å². The van der Waals surface area contributed by atoms with Gasteiger partial charge in [-0.25, -0.2) is 0 Å². The molecule has 0 amide bonds. The highest BCUT2D eigenvalue weighted by atomic mass is 35.5. The second-order valence-electron chi connectivity index (χ2n) is 4.73. The molecule has 1 N–H and O–H groups in total. The molecule has 1 heterocycles. The molecule has 0 spiro atoms. The molecule has 1 aliphatic rings. The average Bonchev–Trinajstić information content (AvgIpc) is 2.58. The van der Waals surface area contributed by atoms with Crippen LogP contribution in [0.4, 0.5) is 0 Å². The van der Waals surface area contributed by atoms with Crippen LogP contribution in [-0.2, 0) is 0 Å². The summed E-state index contributed by atoms with van der Waals surface area (Å²) in [7, 11) is 0. The third-order valence-electron chi connectivity index (χ3n) is 3.35. The zero-order chi connectivity index (χ0) is 12.3. The molecule has 1 aromatic rings. The third-order valence-corrected chi connectivity index (χ3v) is 5.12. The van der Waals surface area contributed by atoms with Gasteiger partial charge in [-0.05, 0) is 49.1 Å². The van der Waals surface area contributed by atoms with Crippen LogP contribution in [-0.4, -0.2) is 5.11 Å². The van der Waals surface area contributed by atoms with Gasteiger partial charge in [-0.3, -0.25) is 0 Å². The number of allylic oxidation sites excluding steroid dienone is 1. The molecular formula is C14H19ClOS. The van der Waals surface area contributed by atoms with Crippen molar-refractivity contribution in [3.63, 3.8) is 0 Å². The summed E-state index contributed by atoms with van der Waals surface area (Å²) in [6, 6.07) is 0. The Morgan fingerprint density at radius 1 is 1.29 bits per heavy atom. The Balaban J connectivity index is 2.17. The van der Waals surface area contributed by atoms with Gasteiger partial charge in [-0.2, -0.15) is 0 Å². The Morgan fingerprint density at radius 2 is 2.06 bits per heavy atom. The van der Waals surface area contributed by atoms with E-state index in [1.54, 1.807) is 11.3 Å². The van der Waals surface area contributed by atoms with Crippen molar-refractivity contribution in [1.29, 1.82) is 0 Å². The van der Waals surface area contributed by atoms with Crippen molar-refractivity contribution in [2.24, 2.45) is 0 Å². The Bertz CT molecular complexity index is 408. The van der Waals surface area contributed by atoms with E-state index in [1.165, 1.54) is 25.7 Å². The molecule has 0 radical (unpaired) electrons. The van der Waals surface area contributed by atoms with Gasteiger partial charge in [0.05, 0.1) is 9.90 Å². The molecule has 0 aliphatic heterocycles. The zero-order valence-electron chi connectivity index (χ0n) is 10.2. The van der Waals surface area contributed by atoms with Gasteiger partial charge in [0.1, 0.15) is 6.10 Å². The van der Waals surface area contributed by atoms with Crippen molar-refractivity contribution in [1.82, 2.24) is 0 Å². The lowest BCUT2D eigenvalue weighted by atomic mass is 9.95. The summed E-state index contributed by atoms with van der Waals surface area (Å²) in [5.74, 6) is 0. The summed E-state index contributed by atoms with van der Waals surface area (Å²) in [6.45, 7) is 1.99. The molecule has 0 fully saturated rings. The van der Waals surface area contributed by atoms with E-state index in [0.717, 1.165) is 33.9 Å². The molecule has 0 bridgehead atoms. The van der Waals surface area contributed by atoms with Crippen LogP contribution in [0.2, 0.25) is 5.02 Å². The van der Waals surface area contributed by atoms with Gasteiger partial charge in [0.25, 0.3) is 0 Å². The van der Waals surface area contributed by atoms with Crippen LogP contribution in [0.1, 0.15) is 55.1 Å². The highest BCUT2D eigenvalue weighted by Crippen LogP contribution is 2.37. The van der Waals surface area contributed by atoms with E-state index in [-0.39, 0.29) is 0 Å².